The van der Waals surface area contributed by atoms with Crippen molar-refractivity contribution in [3.05, 3.63) is 65.7 Å². The lowest BCUT2D eigenvalue weighted by molar-refractivity contribution is -0.128. The van der Waals surface area contributed by atoms with Crippen LogP contribution in [-0.4, -0.2) is 18.5 Å². The predicted molar refractivity (Wildman–Crippen MR) is 87.2 cm³/mol. The molecule has 0 aliphatic carbocycles. The van der Waals surface area contributed by atoms with Crippen LogP contribution in [0.1, 0.15) is 22.8 Å². The van der Waals surface area contributed by atoms with Crippen molar-refractivity contribution in [2.75, 3.05) is 6.61 Å². The number of benzene rings is 2. The van der Waals surface area contributed by atoms with Gasteiger partial charge in [0.25, 0.3) is 0 Å². The molecule has 0 heterocycles. The molecule has 0 saturated carbocycles. The lowest BCUT2D eigenvalue weighted by atomic mass is 10.2. The van der Waals surface area contributed by atoms with Crippen LogP contribution in [0.2, 0.25) is 0 Å². The van der Waals surface area contributed by atoms with Gasteiger partial charge in [0.2, 0.25) is 5.91 Å². The predicted octanol–water partition coefficient (Wildman–Crippen LogP) is 2.80. The number of carbonyl (C=O) groups excluding carboxylic acids is 2. The molecule has 2 aromatic rings. The summed E-state index contributed by atoms with van der Waals surface area (Å²) < 4.78 is 10.6. The maximum atomic E-state index is 11.9. The van der Waals surface area contributed by atoms with Crippen molar-refractivity contribution < 1.29 is 19.1 Å². The summed E-state index contributed by atoms with van der Waals surface area (Å²) in [6.45, 7) is 2.43. The number of hydrogen-bond donors (Lipinski definition) is 1. The average Bonchev–Trinajstić information content (AvgIpc) is 2.54. The Morgan fingerprint density at radius 2 is 1.91 bits per heavy atom. The zero-order valence-corrected chi connectivity index (χ0v) is 12.7. The molecule has 23 heavy (non-hydrogen) atoms. The van der Waals surface area contributed by atoms with E-state index in [1.165, 1.54) is 12.1 Å². The summed E-state index contributed by atoms with van der Waals surface area (Å²) in [7, 11) is 0. The van der Waals surface area contributed by atoms with E-state index >= 15 is 0 Å². The van der Waals surface area contributed by atoms with Crippen molar-refractivity contribution >= 4 is 18.0 Å². The van der Waals surface area contributed by atoms with Gasteiger partial charge in [-0.05, 0) is 37.3 Å². The van der Waals surface area contributed by atoms with Crippen LogP contribution < -0.4 is 15.2 Å². The number of para-hydroxylation sites is 1. The van der Waals surface area contributed by atoms with E-state index in [2.05, 4.69) is 0 Å². The first kappa shape index (κ1) is 16.3. The van der Waals surface area contributed by atoms with E-state index in [0.717, 1.165) is 5.56 Å². The standard InChI is InChI=1S/C18H17NO4/c1-2-22-16-9-4-3-6-13(16)10-11-17(20)23-15-8-5-7-14(12-15)18(19)21/h3-12H,2H2,1H3,(H2,19,21)/b11-10+. The van der Waals surface area contributed by atoms with Crippen molar-refractivity contribution in [3.63, 3.8) is 0 Å². The van der Waals surface area contributed by atoms with Gasteiger partial charge in [0.05, 0.1) is 6.61 Å². The number of ether oxygens (including phenoxy) is 2. The molecule has 0 aliphatic rings. The van der Waals surface area contributed by atoms with Crippen molar-refractivity contribution in [1.82, 2.24) is 0 Å². The van der Waals surface area contributed by atoms with Gasteiger partial charge in [-0.25, -0.2) is 4.79 Å². The zero-order chi connectivity index (χ0) is 16.7. The second kappa shape index (κ2) is 7.79. The Morgan fingerprint density at radius 1 is 1.13 bits per heavy atom. The van der Waals surface area contributed by atoms with E-state index < -0.39 is 11.9 Å². The van der Waals surface area contributed by atoms with Gasteiger partial charge in [0.15, 0.2) is 0 Å². The first-order chi connectivity index (χ1) is 11.1. The van der Waals surface area contributed by atoms with Crippen LogP contribution in [0, 0.1) is 0 Å². The van der Waals surface area contributed by atoms with E-state index in [0.29, 0.717) is 12.4 Å². The Balaban J connectivity index is 2.08. The molecule has 118 valence electrons. The highest BCUT2D eigenvalue weighted by atomic mass is 16.5. The van der Waals surface area contributed by atoms with Crippen molar-refractivity contribution in [2.45, 2.75) is 6.92 Å². The van der Waals surface area contributed by atoms with Gasteiger partial charge in [-0.3, -0.25) is 4.79 Å². The normalized spacial score (nSPS) is 10.5. The summed E-state index contributed by atoms with van der Waals surface area (Å²) in [5.74, 6) is -0.189. The molecule has 0 radical (unpaired) electrons. The summed E-state index contributed by atoms with van der Waals surface area (Å²) in [4.78, 5) is 23.0. The van der Waals surface area contributed by atoms with E-state index in [-0.39, 0.29) is 11.3 Å². The Hall–Kier alpha value is -3.08. The van der Waals surface area contributed by atoms with E-state index in [9.17, 15) is 9.59 Å². The largest absolute Gasteiger partial charge is 0.493 e. The number of esters is 1. The second-order valence-electron chi connectivity index (χ2n) is 4.62. The molecule has 0 spiro atoms. The van der Waals surface area contributed by atoms with Crippen LogP contribution >= 0.6 is 0 Å². The number of carbonyl (C=O) groups is 2. The van der Waals surface area contributed by atoms with Crippen LogP contribution in [0.5, 0.6) is 11.5 Å². The minimum absolute atomic E-state index is 0.258. The monoisotopic (exact) mass is 311 g/mol. The highest BCUT2D eigenvalue weighted by molar-refractivity contribution is 5.94. The van der Waals surface area contributed by atoms with Gasteiger partial charge in [0, 0.05) is 17.2 Å². The number of primary amides is 1. The lowest BCUT2D eigenvalue weighted by Gasteiger charge is -2.06. The molecule has 2 aromatic carbocycles. The highest BCUT2D eigenvalue weighted by Crippen LogP contribution is 2.19. The molecule has 0 saturated heterocycles. The maximum Gasteiger partial charge on any atom is 0.336 e. The van der Waals surface area contributed by atoms with E-state index in [1.807, 2.05) is 31.2 Å². The minimum atomic E-state index is -0.580. The van der Waals surface area contributed by atoms with Crippen LogP contribution in [0.3, 0.4) is 0 Å². The molecular weight excluding hydrogens is 294 g/mol. The summed E-state index contributed by atoms with van der Waals surface area (Å²) in [5, 5.41) is 0. The lowest BCUT2D eigenvalue weighted by Crippen LogP contribution is -2.11. The van der Waals surface area contributed by atoms with Gasteiger partial charge in [-0.1, -0.05) is 24.3 Å². The Bertz CT molecular complexity index is 737. The smallest absolute Gasteiger partial charge is 0.336 e. The zero-order valence-electron chi connectivity index (χ0n) is 12.7. The molecule has 5 heteroatoms. The third kappa shape index (κ3) is 4.71. The summed E-state index contributed by atoms with van der Waals surface area (Å²) in [6.07, 6.45) is 2.92. The van der Waals surface area contributed by atoms with Gasteiger partial charge >= 0.3 is 5.97 Å². The Morgan fingerprint density at radius 3 is 2.65 bits per heavy atom. The fraction of sp³-hybridized carbons (Fsp3) is 0.111. The van der Waals surface area contributed by atoms with Crippen LogP contribution in [0.25, 0.3) is 6.08 Å². The SMILES string of the molecule is CCOc1ccccc1/C=C/C(=O)Oc1cccc(C(N)=O)c1. The molecule has 0 fully saturated rings. The van der Waals surface area contributed by atoms with E-state index in [1.54, 1.807) is 24.3 Å². The summed E-state index contributed by atoms with van der Waals surface area (Å²) in [5.41, 5.74) is 6.24. The second-order valence-corrected chi connectivity index (χ2v) is 4.62. The van der Waals surface area contributed by atoms with Crippen LogP contribution in [0.4, 0.5) is 0 Å². The third-order valence-corrected chi connectivity index (χ3v) is 2.95. The van der Waals surface area contributed by atoms with E-state index in [4.69, 9.17) is 15.2 Å². The van der Waals surface area contributed by atoms with Crippen molar-refractivity contribution in [2.24, 2.45) is 5.73 Å². The average molecular weight is 311 g/mol. The quantitative estimate of drug-likeness (QED) is 0.505. The first-order valence-electron chi connectivity index (χ1n) is 7.11. The molecule has 2 N–H and O–H groups in total. The summed E-state index contributed by atoms with van der Waals surface area (Å²) in [6, 6.07) is 13.5. The summed E-state index contributed by atoms with van der Waals surface area (Å²) >= 11 is 0. The molecule has 1 amide bonds. The number of nitrogens with two attached hydrogens (primary N) is 1. The van der Waals surface area contributed by atoms with Gasteiger partial charge < -0.3 is 15.2 Å². The van der Waals surface area contributed by atoms with Gasteiger partial charge in [-0.15, -0.1) is 0 Å². The fourth-order valence-electron chi connectivity index (χ4n) is 1.93. The first-order valence-corrected chi connectivity index (χ1v) is 7.11. The molecule has 0 aromatic heterocycles. The Kier molecular flexibility index (Phi) is 5.52. The molecule has 0 bridgehead atoms. The Labute approximate surface area is 134 Å². The van der Waals surface area contributed by atoms with Crippen LogP contribution in [-0.2, 0) is 4.79 Å². The number of amides is 1. The molecule has 0 aliphatic heterocycles. The molecular formula is C18H17NO4. The molecule has 0 unspecified atom stereocenters. The molecule has 5 nitrogen and oxygen atoms in total. The molecule has 2 rings (SSSR count). The topological polar surface area (TPSA) is 78.6 Å². The van der Waals surface area contributed by atoms with Crippen molar-refractivity contribution in [1.29, 1.82) is 0 Å². The maximum absolute atomic E-state index is 11.9. The molecule has 0 atom stereocenters. The highest BCUT2D eigenvalue weighted by Gasteiger charge is 2.05. The number of hydrogen-bond acceptors (Lipinski definition) is 4. The van der Waals surface area contributed by atoms with Gasteiger partial charge in [-0.2, -0.15) is 0 Å². The third-order valence-electron chi connectivity index (χ3n) is 2.95. The fourth-order valence-corrected chi connectivity index (χ4v) is 1.93. The minimum Gasteiger partial charge on any atom is -0.493 e. The van der Waals surface area contributed by atoms with Crippen LogP contribution in [0.15, 0.2) is 54.6 Å². The number of rotatable bonds is 6. The van der Waals surface area contributed by atoms with Crippen molar-refractivity contribution in [3.8, 4) is 11.5 Å². The van der Waals surface area contributed by atoms with Gasteiger partial charge in [0.1, 0.15) is 11.5 Å².